The first-order valence-electron chi connectivity index (χ1n) is 5.94. The van der Waals surface area contributed by atoms with E-state index in [4.69, 9.17) is 11.0 Å². The fourth-order valence-electron chi connectivity index (χ4n) is 2.21. The molecule has 1 unspecified atom stereocenters. The van der Waals surface area contributed by atoms with Gasteiger partial charge in [0.1, 0.15) is 5.57 Å². The minimum atomic E-state index is -0.226. The van der Waals surface area contributed by atoms with E-state index in [1.165, 1.54) is 5.56 Å². The smallest absolute Gasteiger partial charge is 0.307 e. The molecule has 0 aliphatic carbocycles. The van der Waals surface area contributed by atoms with Crippen LogP contribution in [0.3, 0.4) is 0 Å². The predicted octanol–water partition coefficient (Wildman–Crippen LogP) is 0.881. The second-order valence-electron chi connectivity index (χ2n) is 4.44. The van der Waals surface area contributed by atoms with Crippen LogP contribution in [-0.4, -0.2) is 6.54 Å². The molecule has 3 nitrogen and oxygen atoms in total. The number of hydrogen-bond donors (Lipinski definition) is 2. The molecule has 0 saturated heterocycles. The molecule has 1 atom stereocenters. The Kier molecular flexibility index (Phi) is 3.16. The Labute approximate surface area is 102 Å². The summed E-state index contributed by atoms with van der Waals surface area (Å²) in [6.07, 6.45) is 3.00. The van der Waals surface area contributed by atoms with Crippen molar-refractivity contribution in [2.24, 2.45) is 5.73 Å². The second kappa shape index (κ2) is 4.60. The first-order valence-corrected chi connectivity index (χ1v) is 5.94. The molecule has 1 aliphatic rings. The average Bonchev–Trinajstić information content (AvgIpc) is 2.33. The minimum Gasteiger partial charge on any atom is -0.346 e. The molecule has 0 aromatic heterocycles. The van der Waals surface area contributed by atoms with E-state index in [0.717, 1.165) is 29.8 Å². The maximum Gasteiger partial charge on any atom is 0.307 e. The SMILES string of the molecule is CCCN1C=C(C#[NH+])C(N)c2cc(C)ccc21. The van der Waals surface area contributed by atoms with Crippen LogP contribution in [0, 0.1) is 13.0 Å². The Balaban J connectivity index is 2.51. The minimum absolute atomic E-state index is 0.226. The summed E-state index contributed by atoms with van der Waals surface area (Å²) in [6, 6.07) is 8.53. The van der Waals surface area contributed by atoms with Crippen LogP contribution < -0.4 is 15.9 Å². The van der Waals surface area contributed by atoms with Gasteiger partial charge in [0.05, 0.1) is 6.04 Å². The number of nitrogens with one attached hydrogen (secondary N) is 1. The van der Waals surface area contributed by atoms with Crippen molar-refractivity contribution in [3.8, 4) is 6.07 Å². The highest BCUT2D eigenvalue weighted by atomic mass is 15.1. The lowest BCUT2D eigenvalue weighted by atomic mass is 9.94. The number of aryl methyl sites for hydroxylation is 1. The molecule has 0 saturated carbocycles. The fourth-order valence-corrected chi connectivity index (χ4v) is 2.21. The molecule has 0 bridgehead atoms. The molecular weight excluding hydrogens is 210 g/mol. The van der Waals surface area contributed by atoms with Gasteiger partial charge in [0, 0.05) is 18.4 Å². The van der Waals surface area contributed by atoms with Gasteiger partial charge in [-0.05, 0) is 25.0 Å². The summed E-state index contributed by atoms with van der Waals surface area (Å²) in [5, 5.41) is 7.32. The van der Waals surface area contributed by atoms with Gasteiger partial charge in [-0.2, -0.15) is 0 Å². The maximum absolute atomic E-state index is 7.32. The predicted molar refractivity (Wildman–Crippen MR) is 68.7 cm³/mol. The monoisotopic (exact) mass is 228 g/mol. The third-order valence-corrected chi connectivity index (χ3v) is 3.07. The standard InChI is InChI=1S/C14H17N3/c1-3-6-17-9-11(8-15)14(16)12-7-10(2)4-5-13(12)17/h4-5,7,9,14H,3,6,16H2,1-2H3/p+1. The number of benzene rings is 1. The molecular formula is C14H18N3+. The summed E-state index contributed by atoms with van der Waals surface area (Å²) in [4.78, 5) is 2.16. The summed E-state index contributed by atoms with van der Waals surface area (Å²) >= 11 is 0. The third-order valence-electron chi connectivity index (χ3n) is 3.07. The van der Waals surface area contributed by atoms with Gasteiger partial charge in [0.15, 0.2) is 0 Å². The first kappa shape index (κ1) is 11.7. The van der Waals surface area contributed by atoms with Crippen molar-refractivity contribution >= 4 is 5.69 Å². The van der Waals surface area contributed by atoms with Crippen molar-refractivity contribution in [3.63, 3.8) is 0 Å². The van der Waals surface area contributed by atoms with E-state index in [0.29, 0.717) is 0 Å². The largest absolute Gasteiger partial charge is 0.346 e. The molecule has 88 valence electrons. The summed E-state index contributed by atoms with van der Waals surface area (Å²) in [7, 11) is 0. The number of hydrogen-bond acceptors (Lipinski definition) is 2. The van der Waals surface area contributed by atoms with E-state index in [1.54, 1.807) is 0 Å². The van der Waals surface area contributed by atoms with Crippen LogP contribution in [0.2, 0.25) is 0 Å². The van der Waals surface area contributed by atoms with E-state index < -0.39 is 0 Å². The van der Waals surface area contributed by atoms with Gasteiger partial charge in [0.25, 0.3) is 0 Å². The normalized spacial score (nSPS) is 18.4. The van der Waals surface area contributed by atoms with Crippen LogP contribution in [0.5, 0.6) is 0 Å². The lowest BCUT2D eigenvalue weighted by Gasteiger charge is -2.30. The molecule has 2 rings (SSSR count). The van der Waals surface area contributed by atoms with Crippen molar-refractivity contribution in [1.29, 1.82) is 0 Å². The summed E-state index contributed by atoms with van der Waals surface area (Å²) < 4.78 is 0. The topological polar surface area (TPSA) is 53.1 Å². The highest BCUT2D eigenvalue weighted by molar-refractivity contribution is 5.64. The molecule has 17 heavy (non-hydrogen) atoms. The van der Waals surface area contributed by atoms with Gasteiger partial charge < -0.3 is 10.6 Å². The Morgan fingerprint density at radius 3 is 2.88 bits per heavy atom. The van der Waals surface area contributed by atoms with Crippen molar-refractivity contribution in [1.82, 2.24) is 0 Å². The van der Waals surface area contributed by atoms with Crippen molar-refractivity contribution in [2.45, 2.75) is 26.3 Å². The van der Waals surface area contributed by atoms with E-state index in [2.05, 4.69) is 43.0 Å². The molecule has 1 heterocycles. The van der Waals surface area contributed by atoms with Crippen molar-refractivity contribution < 1.29 is 5.26 Å². The van der Waals surface area contributed by atoms with Gasteiger partial charge in [-0.3, -0.25) is 0 Å². The number of rotatable bonds is 2. The molecule has 1 aromatic carbocycles. The van der Waals surface area contributed by atoms with E-state index in [1.807, 2.05) is 6.20 Å². The summed E-state index contributed by atoms with van der Waals surface area (Å²) in [5.74, 6) is 0. The highest BCUT2D eigenvalue weighted by Gasteiger charge is 2.25. The Hall–Kier alpha value is -1.79. The number of nitrogens with two attached hydrogens (primary N) is 1. The number of anilines is 1. The van der Waals surface area contributed by atoms with Crippen LogP contribution in [0.15, 0.2) is 30.0 Å². The summed E-state index contributed by atoms with van der Waals surface area (Å²) in [5.41, 5.74) is 10.3. The Bertz CT molecular complexity index is 497. The van der Waals surface area contributed by atoms with Gasteiger partial charge in [0.2, 0.25) is 0 Å². The lowest BCUT2D eigenvalue weighted by molar-refractivity contribution is -0.0916. The molecule has 3 N–H and O–H groups in total. The molecule has 0 fully saturated rings. The average molecular weight is 228 g/mol. The molecule has 1 aromatic rings. The zero-order chi connectivity index (χ0) is 12.4. The molecule has 0 spiro atoms. The third kappa shape index (κ3) is 2.04. The zero-order valence-corrected chi connectivity index (χ0v) is 10.3. The van der Waals surface area contributed by atoms with Gasteiger partial charge in [-0.1, -0.05) is 29.9 Å². The van der Waals surface area contributed by atoms with Crippen LogP contribution >= 0.6 is 0 Å². The Morgan fingerprint density at radius 2 is 2.24 bits per heavy atom. The molecule has 1 aliphatic heterocycles. The first-order chi connectivity index (χ1) is 8.17. The Morgan fingerprint density at radius 1 is 1.47 bits per heavy atom. The number of nitrogens with zero attached hydrogens (tertiary/aromatic N) is 1. The summed E-state index contributed by atoms with van der Waals surface area (Å²) in [6.45, 7) is 5.14. The number of fused-ring (bicyclic) bond motifs is 1. The lowest BCUT2D eigenvalue weighted by Crippen LogP contribution is -2.30. The molecule has 0 radical (unpaired) electrons. The molecule has 3 heteroatoms. The van der Waals surface area contributed by atoms with Gasteiger partial charge in [-0.25, -0.2) is 0 Å². The van der Waals surface area contributed by atoms with Crippen LogP contribution in [0.4, 0.5) is 5.69 Å². The van der Waals surface area contributed by atoms with E-state index in [-0.39, 0.29) is 6.04 Å². The van der Waals surface area contributed by atoms with E-state index in [9.17, 15) is 0 Å². The van der Waals surface area contributed by atoms with Gasteiger partial charge >= 0.3 is 6.07 Å². The zero-order valence-electron chi connectivity index (χ0n) is 10.3. The fraction of sp³-hybridized carbons (Fsp3) is 0.357. The quantitative estimate of drug-likeness (QED) is 0.789. The van der Waals surface area contributed by atoms with E-state index >= 15 is 0 Å². The van der Waals surface area contributed by atoms with Crippen LogP contribution in [-0.2, 0) is 0 Å². The van der Waals surface area contributed by atoms with Crippen LogP contribution in [0.25, 0.3) is 0 Å². The van der Waals surface area contributed by atoms with Crippen molar-refractivity contribution in [3.05, 3.63) is 41.1 Å². The van der Waals surface area contributed by atoms with Crippen molar-refractivity contribution in [2.75, 3.05) is 11.4 Å². The molecule has 0 amide bonds. The highest BCUT2D eigenvalue weighted by Crippen LogP contribution is 2.34. The second-order valence-corrected chi connectivity index (χ2v) is 4.44. The maximum atomic E-state index is 7.32. The van der Waals surface area contributed by atoms with Crippen LogP contribution in [0.1, 0.15) is 30.5 Å². The van der Waals surface area contributed by atoms with Gasteiger partial charge in [-0.15, -0.1) is 0 Å².